The van der Waals surface area contributed by atoms with Gasteiger partial charge < -0.3 is 0 Å². The van der Waals surface area contributed by atoms with E-state index < -0.39 is 48.4 Å². The predicted molar refractivity (Wildman–Crippen MR) is 422 cm³/mol. The molecule has 0 aliphatic heterocycles. The van der Waals surface area contributed by atoms with Gasteiger partial charge in [-0.25, -0.2) is 0 Å². The highest BCUT2D eigenvalue weighted by Crippen LogP contribution is 2.42. The summed E-state index contributed by atoms with van der Waals surface area (Å²) >= 11 is 0. The van der Waals surface area contributed by atoms with Crippen molar-refractivity contribution in [3.8, 4) is 100 Å². The topological polar surface area (TPSA) is 0 Å². The second kappa shape index (κ2) is 24.5. The molecule has 462 valence electrons. The van der Waals surface area contributed by atoms with Crippen molar-refractivity contribution in [2.75, 3.05) is 0 Å². The van der Waals surface area contributed by atoms with Gasteiger partial charge in [-0.2, -0.15) is 0 Å². The quantitative estimate of drug-likeness (QED) is 0.0898. The third-order valence-electron chi connectivity index (χ3n) is 18.4. The lowest BCUT2D eigenvalue weighted by molar-refractivity contribution is 1.46. The molecule has 0 heterocycles. The molecule has 0 saturated carbocycles. The Morgan fingerprint density at radius 2 is 0.211 bits per heavy atom. The van der Waals surface area contributed by atoms with Crippen LogP contribution in [0.25, 0.3) is 100 Å². The Morgan fingerprint density at radius 3 is 0.300 bits per heavy atom. The summed E-state index contributed by atoms with van der Waals surface area (Å²) in [5.41, 5.74) is 30.5. The highest BCUT2D eigenvalue weighted by atomic mass is 28.3. The smallest absolute Gasteiger partial charge is 0.0656 e. The summed E-state index contributed by atoms with van der Waals surface area (Å²) in [6.07, 6.45) is 0. The standard InChI is InChI=1S/C84H102Si6/c1-55-25-61(49-79(31-55)85(7,8)9)67-37-68(62-26-56(2)32-80(50-62)86(10,11)12)41-73(40-67)76-46-77(74-42-69(63-27-57(3)33-81(51-63)87(13,14)15)38-70(43-74)64-28-58(4)34-82(52-64)88(16,17)18)48-78(47-76)75-44-71(65-29-59(5)35-83(53-65)89(19,20)21)39-72(45-75)66-30-60(6)36-84(54-66)90(22,23)24/h25-54H,1-24H3. The fourth-order valence-corrected chi connectivity index (χ4v) is 20.3. The van der Waals surface area contributed by atoms with E-state index >= 15 is 0 Å². The average molecular weight is 1280 g/mol. The molecule has 0 fully saturated rings. The van der Waals surface area contributed by atoms with Crippen LogP contribution in [-0.4, -0.2) is 48.4 Å². The molecule has 0 unspecified atom stereocenters. The minimum absolute atomic E-state index is 1.21. The van der Waals surface area contributed by atoms with E-state index in [9.17, 15) is 0 Å². The maximum atomic E-state index is 2.53. The van der Waals surface area contributed by atoms with Crippen LogP contribution in [0.1, 0.15) is 33.4 Å². The first-order chi connectivity index (χ1) is 41.7. The fraction of sp³-hybridized carbons (Fsp3) is 0.286. The van der Waals surface area contributed by atoms with Crippen LogP contribution in [0.3, 0.4) is 0 Å². The molecule has 0 bridgehead atoms. The summed E-state index contributed by atoms with van der Waals surface area (Å²) in [7, 11) is -10.1. The minimum Gasteiger partial charge on any atom is -0.0656 e. The molecule has 6 heteroatoms. The normalized spacial score (nSPS) is 12.7. The van der Waals surface area contributed by atoms with Gasteiger partial charge in [-0.1, -0.05) is 292 Å². The molecule has 0 amide bonds. The number of aryl methyl sites for hydroxylation is 6. The summed E-state index contributed by atoms with van der Waals surface area (Å²) in [5.74, 6) is 0. The molecule has 0 radical (unpaired) electrons. The van der Waals surface area contributed by atoms with Gasteiger partial charge in [-0.15, -0.1) is 0 Å². The van der Waals surface area contributed by atoms with Gasteiger partial charge in [0.05, 0.1) is 48.4 Å². The number of hydrogen-bond donors (Lipinski definition) is 0. The van der Waals surface area contributed by atoms with E-state index in [-0.39, 0.29) is 0 Å². The third-order valence-corrected chi connectivity index (χ3v) is 30.5. The molecular weight excluding hydrogens is 1180 g/mol. The van der Waals surface area contributed by atoms with Gasteiger partial charge in [-0.3, -0.25) is 0 Å². The van der Waals surface area contributed by atoms with Crippen LogP contribution in [0, 0.1) is 41.5 Å². The Balaban J connectivity index is 1.35. The largest absolute Gasteiger partial charge is 0.0776 e. The van der Waals surface area contributed by atoms with Crippen molar-refractivity contribution in [3.63, 3.8) is 0 Å². The van der Waals surface area contributed by atoms with Crippen LogP contribution in [-0.2, 0) is 0 Å². The molecule has 0 aliphatic carbocycles. The fourth-order valence-electron chi connectivity index (χ4n) is 12.8. The molecule has 0 aromatic heterocycles. The highest BCUT2D eigenvalue weighted by Gasteiger charge is 2.26. The van der Waals surface area contributed by atoms with Crippen molar-refractivity contribution in [1.29, 1.82) is 0 Å². The van der Waals surface area contributed by atoms with E-state index in [1.54, 1.807) is 0 Å². The van der Waals surface area contributed by atoms with Crippen LogP contribution in [0.15, 0.2) is 182 Å². The predicted octanol–water partition coefficient (Wildman–Crippen LogP) is 21.8. The SMILES string of the molecule is Cc1cc(-c2cc(-c3cc(-c4cc(-c5cc(C)cc([Si](C)(C)C)c5)cc(-c5cc(C)cc([Si](C)(C)C)c5)c4)cc(-c4cc(-c5cc(C)cc([Si](C)(C)C)c5)cc(-c5cc(C)cc([Si](C)(C)C)c5)c4)c3)cc(-c3cc(C)cc([Si](C)(C)C)c3)c2)cc([Si](C)(C)C)c1. The number of rotatable bonds is 15. The van der Waals surface area contributed by atoms with E-state index in [1.165, 1.54) is 165 Å². The first-order valence-corrected chi connectivity index (χ1v) is 54.1. The summed E-state index contributed by atoms with van der Waals surface area (Å²) in [6.45, 7) is 58.4. The third kappa shape index (κ3) is 15.3. The Labute approximate surface area is 550 Å². The Hall–Kier alpha value is -6.50. The van der Waals surface area contributed by atoms with Crippen LogP contribution < -0.4 is 31.1 Å². The highest BCUT2D eigenvalue weighted by molar-refractivity contribution is 6.91. The average Bonchev–Trinajstić information content (AvgIpc) is 0.799. The van der Waals surface area contributed by atoms with Gasteiger partial charge in [0, 0.05) is 0 Å². The molecule has 0 spiro atoms. The van der Waals surface area contributed by atoms with Crippen LogP contribution in [0.5, 0.6) is 0 Å². The molecule has 10 aromatic rings. The maximum absolute atomic E-state index is 2.53. The zero-order chi connectivity index (χ0) is 65.5. The molecule has 0 N–H and O–H groups in total. The molecule has 0 atom stereocenters. The summed E-state index contributed by atoms with van der Waals surface area (Å²) in [4.78, 5) is 0. The second-order valence-corrected chi connectivity index (χ2v) is 63.7. The Bertz CT molecular complexity index is 3710. The van der Waals surface area contributed by atoms with Crippen molar-refractivity contribution in [1.82, 2.24) is 0 Å². The first-order valence-electron chi connectivity index (χ1n) is 33.1. The van der Waals surface area contributed by atoms with Crippen molar-refractivity contribution < 1.29 is 0 Å². The molecular formula is C84H102Si6. The first kappa shape index (κ1) is 66.4. The van der Waals surface area contributed by atoms with Gasteiger partial charge >= 0.3 is 0 Å². The van der Waals surface area contributed by atoms with Crippen LogP contribution in [0.4, 0.5) is 0 Å². The number of hydrogen-bond acceptors (Lipinski definition) is 0. The minimum atomic E-state index is -1.68. The molecule has 0 aliphatic rings. The van der Waals surface area contributed by atoms with Gasteiger partial charge in [0.25, 0.3) is 0 Å². The van der Waals surface area contributed by atoms with Crippen LogP contribution in [0.2, 0.25) is 118 Å². The van der Waals surface area contributed by atoms with Crippen LogP contribution >= 0.6 is 0 Å². The van der Waals surface area contributed by atoms with E-state index in [1.807, 2.05) is 0 Å². The van der Waals surface area contributed by atoms with Gasteiger partial charge in [0.15, 0.2) is 0 Å². The Morgan fingerprint density at radius 1 is 0.122 bits per heavy atom. The Kier molecular flexibility index (Phi) is 18.1. The van der Waals surface area contributed by atoms with Crippen molar-refractivity contribution in [3.05, 3.63) is 215 Å². The molecule has 0 saturated heterocycles. The second-order valence-electron chi connectivity index (χ2n) is 33.2. The van der Waals surface area contributed by atoms with Crippen molar-refractivity contribution in [2.24, 2.45) is 0 Å². The molecule has 90 heavy (non-hydrogen) atoms. The lowest BCUT2D eigenvalue weighted by Gasteiger charge is -2.22. The van der Waals surface area contributed by atoms with E-state index in [0.717, 1.165) is 0 Å². The van der Waals surface area contributed by atoms with Gasteiger partial charge in [0.1, 0.15) is 0 Å². The molecule has 10 aromatic carbocycles. The van der Waals surface area contributed by atoms with E-state index in [0.29, 0.717) is 0 Å². The maximum Gasteiger partial charge on any atom is 0.0776 e. The van der Waals surface area contributed by atoms with Gasteiger partial charge in [-0.05, 0) is 214 Å². The van der Waals surface area contributed by atoms with Gasteiger partial charge in [0.2, 0.25) is 0 Å². The zero-order valence-electron chi connectivity index (χ0n) is 59.3. The van der Waals surface area contributed by atoms with Crippen molar-refractivity contribution >= 4 is 79.6 Å². The van der Waals surface area contributed by atoms with E-state index in [4.69, 9.17) is 0 Å². The summed E-state index contributed by atoms with van der Waals surface area (Å²) < 4.78 is 0. The summed E-state index contributed by atoms with van der Waals surface area (Å²) in [5, 5.41) is 8.94. The lowest BCUT2D eigenvalue weighted by Crippen LogP contribution is -2.37. The monoisotopic (exact) mass is 1280 g/mol. The van der Waals surface area contributed by atoms with E-state index in [2.05, 4.69) is 341 Å². The summed E-state index contributed by atoms with van der Waals surface area (Å²) in [6, 6.07) is 74.4. The van der Waals surface area contributed by atoms with Crippen molar-refractivity contribution in [2.45, 2.75) is 159 Å². The molecule has 10 rings (SSSR count). The number of benzene rings is 10. The molecule has 0 nitrogen and oxygen atoms in total. The zero-order valence-corrected chi connectivity index (χ0v) is 65.3. The lowest BCUT2D eigenvalue weighted by atomic mass is 9.87.